The number of nitrogens with zero attached hydrogens (tertiary/aromatic N) is 1. The van der Waals surface area contributed by atoms with E-state index in [-0.39, 0.29) is 0 Å². The fraction of sp³-hybridized carbons (Fsp3) is 0.250. The number of hydrogen-bond acceptors (Lipinski definition) is 1. The summed E-state index contributed by atoms with van der Waals surface area (Å²) in [7, 11) is 0. The molecule has 0 aromatic rings. The lowest BCUT2D eigenvalue weighted by atomic mass is 10.1. The van der Waals surface area contributed by atoms with Crippen LogP contribution in [-0.2, 0) is 0 Å². The second-order valence-electron chi connectivity index (χ2n) is 2.45. The van der Waals surface area contributed by atoms with Gasteiger partial charge in [0.05, 0.1) is 5.70 Å². The second-order valence-corrected chi connectivity index (χ2v) is 2.45. The molecule has 0 aliphatic carbocycles. The molecule has 0 saturated heterocycles. The summed E-state index contributed by atoms with van der Waals surface area (Å²) in [5.41, 5.74) is 2.11. The number of hydrogen-bond donors (Lipinski definition) is 0. The van der Waals surface area contributed by atoms with E-state index in [1.54, 1.807) is 12.3 Å². The Morgan fingerprint density at radius 3 is 2.46 bits per heavy atom. The normalized spacial score (nSPS) is 13.4. The van der Waals surface area contributed by atoms with Crippen molar-refractivity contribution in [1.29, 1.82) is 0 Å². The molecule has 70 valence electrons. The first-order chi connectivity index (χ1) is 6.29. The summed E-state index contributed by atoms with van der Waals surface area (Å²) in [4.78, 5) is 4.25. The summed E-state index contributed by atoms with van der Waals surface area (Å²) in [6.45, 7) is 11.4. The highest BCUT2D eigenvalue weighted by atomic mass is 14.7. The fourth-order valence-electron chi connectivity index (χ4n) is 0.961. The van der Waals surface area contributed by atoms with Gasteiger partial charge in [-0.25, -0.2) is 0 Å². The molecule has 0 aliphatic heterocycles. The predicted molar refractivity (Wildman–Crippen MR) is 61.0 cm³/mol. The molecule has 0 aromatic heterocycles. The Kier molecular flexibility index (Phi) is 6.52. The summed E-state index contributed by atoms with van der Waals surface area (Å²) < 4.78 is 0. The average Bonchev–Trinajstić information content (AvgIpc) is 2.16. The summed E-state index contributed by atoms with van der Waals surface area (Å²) >= 11 is 0. The Labute approximate surface area is 80.9 Å². The maximum Gasteiger partial charge on any atom is 0.0657 e. The van der Waals surface area contributed by atoms with Gasteiger partial charge in [0.2, 0.25) is 0 Å². The lowest BCUT2D eigenvalue weighted by Gasteiger charge is -2.00. The molecule has 0 aromatic carbocycles. The molecule has 0 saturated carbocycles. The minimum Gasteiger partial charge on any atom is -0.261 e. The molecular weight excluding hydrogens is 158 g/mol. The predicted octanol–water partition coefficient (Wildman–Crippen LogP) is 3.67. The average molecular weight is 175 g/mol. The lowest BCUT2D eigenvalue weighted by molar-refractivity contribution is 1.11. The summed E-state index contributed by atoms with van der Waals surface area (Å²) in [5.74, 6) is 0. The number of rotatable bonds is 5. The Bertz CT molecular complexity index is 254. The zero-order valence-electron chi connectivity index (χ0n) is 8.46. The maximum absolute atomic E-state index is 4.25. The Morgan fingerprint density at radius 1 is 1.38 bits per heavy atom. The van der Waals surface area contributed by atoms with Crippen LogP contribution in [0.25, 0.3) is 0 Å². The standard InChI is InChI=1S/C12H17N/c1-5-9-10-12(13-8-4)11(6-2)7-3/h5-6,8-10H,1-2,7H2,3-4H3/b10-9-,12-11+,13-8?. The van der Waals surface area contributed by atoms with E-state index in [1.807, 2.05) is 25.2 Å². The van der Waals surface area contributed by atoms with Crippen LogP contribution in [0.4, 0.5) is 0 Å². The number of allylic oxidation sites excluding steroid dienone is 5. The smallest absolute Gasteiger partial charge is 0.0657 e. The zero-order chi connectivity index (χ0) is 10.1. The molecule has 0 aliphatic rings. The van der Waals surface area contributed by atoms with Gasteiger partial charge >= 0.3 is 0 Å². The summed E-state index contributed by atoms with van der Waals surface area (Å²) in [6.07, 6.45) is 10.1. The van der Waals surface area contributed by atoms with Crippen molar-refractivity contribution in [3.8, 4) is 0 Å². The van der Waals surface area contributed by atoms with Crippen LogP contribution in [0.15, 0.2) is 53.7 Å². The van der Waals surface area contributed by atoms with Gasteiger partial charge in [0.25, 0.3) is 0 Å². The molecule has 0 spiro atoms. The van der Waals surface area contributed by atoms with E-state index in [2.05, 4.69) is 25.1 Å². The van der Waals surface area contributed by atoms with Gasteiger partial charge in [-0.15, -0.1) is 0 Å². The molecule has 0 fully saturated rings. The molecular formula is C12H17N. The van der Waals surface area contributed by atoms with Crippen LogP contribution in [0.3, 0.4) is 0 Å². The van der Waals surface area contributed by atoms with Crippen molar-refractivity contribution in [3.05, 3.63) is 48.7 Å². The lowest BCUT2D eigenvalue weighted by Crippen LogP contribution is -1.82. The monoisotopic (exact) mass is 175 g/mol. The highest BCUT2D eigenvalue weighted by molar-refractivity contribution is 5.57. The molecule has 0 N–H and O–H groups in total. The van der Waals surface area contributed by atoms with Crippen molar-refractivity contribution in [1.82, 2.24) is 0 Å². The topological polar surface area (TPSA) is 12.4 Å². The third-order valence-electron chi connectivity index (χ3n) is 1.61. The van der Waals surface area contributed by atoms with Crippen molar-refractivity contribution in [2.45, 2.75) is 20.3 Å². The van der Waals surface area contributed by atoms with Crippen LogP contribution in [0, 0.1) is 0 Å². The molecule has 13 heavy (non-hydrogen) atoms. The van der Waals surface area contributed by atoms with Gasteiger partial charge in [0, 0.05) is 6.21 Å². The van der Waals surface area contributed by atoms with E-state index in [4.69, 9.17) is 0 Å². The molecule has 1 nitrogen and oxygen atoms in total. The first kappa shape index (κ1) is 11.6. The van der Waals surface area contributed by atoms with Crippen molar-refractivity contribution < 1.29 is 0 Å². The molecule has 0 atom stereocenters. The van der Waals surface area contributed by atoms with Crippen LogP contribution in [0.5, 0.6) is 0 Å². The van der Waals surface area contributed by atoms with Gasteiger partial charge in [0.1, 0.15) is 0 Å². The minimum absolute atomic E-state index is 0.942. The fourth-order valence-corrected chi connectivity index (χ4v) is 0.961. The summed E-state index contributed by atoms with van der Waals surface area (Å²) in [6, 6.07) is 0. The number of aliphatic imine (C=N–C) groups is 1. The molecule has 0 unspecified atom stereocenters. The first-order valence-electron chi connectivity index (χ1n) is 4.43. The van der Waals surface area contributed by atoms with Gasteiger partial charge in [-0.05, 0) is 25.0 Å². The molecule has 0 amide bonds. The van der Waals surface area contributed by atoms with E-state index in [1.165, 1.54) is 0 Å². The van der Waals surface area contributed by atoms with Crippen LogP contribution < -0.4 is 0 Å². The first-order valence-corrected chi connectivity index (χ1v) is 4.43. The quantitative estimate of drug-likeness (QED) is 0.446. The van der Waals surface area contributed by atoms with Crippen molar-refractivity contribution >= 4 is 6.21 Å². The zero-order valence-corrected chi connectivity index (χ0v) is 8.46. The minimum atomic E-state index is 0.942. The third kappa shape index (κ3) is 4.26. The van der Waals surface area contributed by atoms with E-state index >= 15 is 0 Å². The van der Waals surface area contributed by atoms with Gasteiger partial charge in [-0.1, -0.05) is 38.3 Å². The molecule has 1 heteroatoms. The maximum atomic E-state index is 4.25. The van der Waals surface area contributed by atoms with Crippen molar-refractivity contribution in [2.75, 3.05) is 0 Å². The molecule has 0 rings (SSSR count). The Balaban J connectivity index is 4.94. The van der Waals surface area contributed by atoms with Gasteiger partial charge in [0.15, 0.2) is 0 Å². The van der Waals surface area contributed by atoms with Crippen molar-refractivity contribution in [3.63, 3.8) is 0 Å². The van der Waals surface area contributed by atoms with E-state index in [0.717, 1.165) is 17.7 Å². The highest BCUT2D eigenvalue weighted by Gasteiger charge is 1.94. The molecule has 0 bridgehead atoms. The third-order valence-corrected chi connectivity index (χ3v) is 1.61. The molecule has 0 radical (unpaired) electrons. The van der Waals surface area contributed by atoms with E-state index < -0.39 is 0 Å². The van der Waals surface area contributed by atoms with Crippen molar-refractivity contribution in [2.24, 2.45) is 4.99 Å². The van der Waals surface area contributed by atoms with E-state index in [9.17, 15) is 0 Å². The van der Waals surface area contributed by atoms with Crippen LogP contribution >= 0.6 is 0 Å². The Morgan fingerprint density at radius 2 is 2.08 bits per heavy atom. The Hall–Kier alpha value is -1.37. The van der Waals surface area contributed by atoms with Crippen LogP contribution in [0.2, 0.25) is 0 Å². The molecule has 0 heterocycles. The van der Waals surface area contributed by atoms with Gasteiger partial charge < -0.3 is 0 Å². The van der Waals surface area contributed by atoms with E-state index in [0.29, 0.717) is 0 Å². The highest BCUT2D eigenvalue weighted by Crippen LogP contribution is 2.12. The SMILES string of the molecule is C=C/C=C\C(N=CC)=C(\C=C)CC. The van der Waals surface area contributed by atoms with Crippen LogP contribution in [0.1, 0.15) is 20.3 Å². The summed E-state index contributed by atoms with van der Waals surface area (Å²) in [5, 5.41) is 0. The second kappa shape index (κ2) is 7.29. The van der Waals surface area contributed by atoms with Gasteiger partial charge in [-0.3, -0.25) is 4.99 Å². The van der Waals surface area contributed by atoms with Gasteiger partial charge in [-0.2, -0.15) is 0 Å². The largest absolute Gasteiger partial charge is 0.261 e. The van der Waals surface area contributed by atoms with Crippen LogP contribution in [-0.4, -0.2) is 6.21 Å².